The third-order valence-electron chi connectivity index (χ3n) is 2.12. The van der Waals surface area contributed by atoms with E-state index in [2.05, 4.69) is 5.32 Å². The molecule has 1 aromatic carbocycles. The molecule has 80 valence electrons. The molecule has 1 rings (SSSR count). The van der Waals surface area contributed by atoms with Crippen molar-refractivity contribution < 1.29 is 9.90 Å². The van der Waals surface area contributed by atoms with Crippen LogP contribution in [0.5, 0.6) is 0 Å². The van der Waals surface area contributed by atoms with Gasteiger partial charge in [-0.25, -0.2) is 4.79 Å². The molecule has 3 heteroatoms. The maximum atomic E-state index is 10.9. The summed E-state index contributed by atoms with van der Waals surface area (Å²) in [5.74, 6) is -0.878. The minimum absolute atomic E-state index is 0.363. The van der Waals surface area contributed by atoms with Crippen molar-refractivity contribution in [1.82, 2.24) is 5.32 Å². The number of aryl methyl sites for hydroxylation is 1. The van der Waals surface area contributed by atoms with Crippen molar-refractivity contribution in [1.29, 1.82) is 0 Å². The highest BCUT2D eigenvalue weighted by atomic mass is 16.4. The number of aromatic carboxylic acids is 1. The highest BCUT2D eigenvalue weighted by Gasteiger charge is 2.06. The van der Waals surface area contributed by atoms with Crippen molar-refractivity contribution in [3.05, 3.63) is 41.0 Å². The van der Waals surface area contributed by atoms with Crippen LogP contribution in [0.15, 0.2) is 24.3 Å². The quantitative estimate of drug-likeness (QED) is 0.789. The average molecular weight is 205 g/mol. The van der Waals surface area contributed by atoms with Crippen molar-refractivity contribution >= 4 is 12.0 Å². The second-order valence-corrected chi connectivity index (χ2v) is 3.34. The van der Waals surface area contributed by atoms with Gasteiger partial charge in [-0.2, -0.15) is 0 Å². The summed E-state index contributed by atoms with van der Waals surface area (Å²) in [6.07, 6.45) is 3.86. The van der Waals surface area contributed by atoms with Crippen molar-refractivity contribution in [2.45, 2.75) is 6.92 Å². The first-order chi connectivity index (χ1) is 7.15. The van der Waals surface area contributed by atoms with Gasteiger partial charge >= 0.3 is 5.97 Å². The predicted octanol–water partition coefficient (Wildman–Crippen LogP) is 1.93. The smallest absolute Gasteiger partial charge is 0.335 e. The van der Waals surface area contributed by atoms with Crippen molar-refractivity contribution in [3.63, 3.8) is 0 Å². The Balaban J connectivity index is 2.92. The van der Waals surface area contributed by atoms with E-state index in [0.29, 0.717) is 5.56 Å². The fourth-order valence-electron chi connectivity index (χ4n) is 1.29. The van der Waals surface area contributed by atoms with Crippen LogP contribution in [-0.2, 0) is 0 Å². The first-order valence-electron chi connectivity index (χ1n) is 4.80. The van der Waals surface area contributed by atoms with Gasteiger partial charge in [0.05, 0.1) is 5.56 Å². The highest BCUT2D eigenvalue weighted by Crippen LogP contribution is 2.12. The number of carbonyl (C=O) groups is 1. The number of rotatable bonds is 4. The lowest BCUT2D eigenvalue weighted by atomic mass is 10.0. The molecule has 0 unspecified atom stereocenters. The Morgan fingerprint density at radius 3 is 2.87 bits per heavy atom. The van der Waals surface area contributed by atoms with Gasteiger partial charge < -0.3 is 10.4 Å². The molecule has 0 saturated heterocycles. The summed E-state index contributed by atoms with van der Waals surface area (Å²) in [7, 11) is 1.86. The standard InChI is InChI=1S/C12H15NO2/c1-9-5-6-10(4-3-7-13-2)8-11(9)12(14)15/h3-6,8,13H,7H2,1-2H3,(H,14,15). The number of nitrogens with one attached hydrogen (secondary N) is 1. The van der Waals surface area contributed by atoms with E-state index in [9.17, 15) is 4.79 Å². The number of likely N-dealkylation sites (N-methyl/N-ethyl adjacent to an activating group) is 1. The van der Waals surface area contributed by atoms with Gasteiger partial charge in [-0.15, -0.1) is 0 Å². The molecule has 0 saturated carbocycles. The second-order valence-electron chi connectivity index (χ2n) is 3.34. The molecule has 0 fully saturated rings. The summed E-state index contributed by atoms with van der Waals surface area (Å²) in [6, 6.07) is 5.42. The largest absolute Gasteiger partial charge is 0.478 e. The van der Waals surface area contributed by atoms with Crippen LogP contribution < -0.4 is 5.32 Å². The summed E-state index contributed by atoms with van der Waals surface area (Å²) < 4.78 is 0. The molecule has 1 aromatic rings. The van der Waals surface area contributed by atoms with Gasteiger partial charge in [0.25, 0.3) is 0 Å². The number of carboxylic acids is 1. The lowest BCUT2D eigenvalue weighted by Crippen LogP contribution is -2.03. The Hall–Kier alpha value is -1.61. The topological polar surface area (TPSA) is 49.3 Å². The Morgan fingerprint density at radius 1 is 1.53 bits per heavy atom. The summed E-state index contributed by atoms with van der Waals surface area (Å²) in [4.78, 5) is 10.9. The van der Waals surface area contributed by atoms with E-state index < -0.39 is 5.97 Å². The first kappa shape index (κ1) is 11.5. The Morgan fingerprint density at radius 2 is 2.27 bits per heavy atom. The van der Waals surface area contributed by atoms with Crippen LogP contribution in [0.25, 0.3) is 6.08 Å². The van der Waals surface area contributed by atoms with Crippen LogP contribution in [0.2, 0.25) is 0 Å². The lowest BCUT2D eigenvalue weighted by molar-refractivity contribution is 0.0696. The van der Waals surface area contributed by atoms with E-state index in [1.54, 1.807) is 13.0 Å². The van der Waals surface area contributed by atoms with E-state index in [1.165, 1.54) is 0 Å². The van der Waals surface area contributed by atoms with Crippen LogP contribution in [0.4, 0.5) is 0 Å². The van der Waals surface area contributed by atoms with Crippen LogP contribution in [0, 0.1) is 6.92 Å². The van der Waals surface area contributed by atoms with Gasteiger partial charge in [0, 0.05) is 6.54 Å². The third-order valence-corrected chi connectivity index (χ3v) is 2.12. The van der Waals surface area contributed by atoms with Gasteiger partial charge in [-0.05, 0) is 31.2 Å². The van der Waals surface area contributed by atoms with Crippen LogP contribution >= 0.6 is 0 Å². The van der Waals surface area contributed by atoms with E-state index >= 15 is 0 Å². The number of benzene rings is 1. The molecule has 3 nitrogen and oxygen atoms in total. The average Bonchev–Trinajstić information content (AvgIpc) is 2.20. The predicted molar refractivity (Wildman–Crippen MR) is 61.1 cm³/mol. The molecule has 15 heavy (non-hydrogen) atoms. The van der Waals surface area contributed by atoms with Crippen molar-refractivity contribution in [3.8, 4) is 0 Å². The molecular weight excluding hydrogens is 190 g/mol. The zero-order valence-corrected chi connectivity index (χ0v) is 8.95. The Labute approximate surface area is 89.4 Å². The van der Waals surface area contributed by atoms with E-state index in [0.717, 1.165) is 17.7 Å². The maximum Gasteiger partial charge on any atom is 0.335 e. The molecule has 0 atom stereocenters. The van der Waals surface area contributed by atoms with Crippen LogP contribution in [-0.4, -0.2) is 24.7 Å². The minimum Gasteiger partial charge on any atom is -0.478 e. The van der Waals surface area contributed by atoms with E-state index in [-0.39, 0.29) is 0 Å². The number of hydrogen-bond acceptors (Lipinski definition) is 2. The molecule has 0 bridgehead atoms. The summed E-state index contributed by atoms with van der Waals surface area (Å²) in [5.41, 5.74) is 2.06. The summed E-state index contributed by atoms with van der Waals surface area (Å²) in [5, 5.41) is 11.9. The van der Waals surface area contributed by atoms with E-state index in [1.807, 2.05) is 31.3 Å². The molecule has 2 N–H and O–H groups in total. The maximum absolute atomic E-state index is 10.9. The van der Waals surface area contributed by atoms with Gasteiger partial charge in [0.15, 0.2) is 0 Å². The summed E-state index contributed by atoms with van der Waals surface area (Å²) in [6.45, 7) is 2.57. The molecule has 0 aliphatic carbocycles. The zero-order valence-electron chi connectivity index (χ0n) is 8.95. The molecule has 0 spiro atoms. The SMILES string of the molecule is CNCC=Cc1ccc(C)c(C(=O)O)c1. The summed E-state index contributed by atoms with van der Waals surface area (Å²) >= 11 is 0. The monoisotopic (exact) mass is 205 g/mol. The fraction of sp³-hybridized carbons (Fsp3) is 0.250. The number of carboxylic acid groups (broad SMARTS) is 1. The normalized spacial score (nSPS) is 10.8. The van der Waals surface area contributed by atoms with Crippen molar-refractivity contribution in [2.75, 3.05) is 13.6 Å². The van der Waals surface area contributed by atoms with Gasteiger partial charge in [0.1, 0.15) is 0 Å². The fourth-order valence-corrected chi connectivity index (χ4v) is 1.29. The van der Waals surface area contributed by atoms with Crippen LogP contribution in [0.3, 0.4) is 0 Å². The molecule has 0 heterocycles. The molecular formula is C12H15NO2. The first-order valence-corrected chi connectivity index (χ1v) is 4.80. The van der Waals surface area contributed by atoms with Gasteiger partial charge in [-0.1, -0.05) is 24.3 Å². The lowest BCUT2D eigenvalue weighted by Gasteiger charge is -2.01. The van der Waals surface area contributed by atoms with E-state index in [4.69, 9.17) is 5.11 Å². The molecule has 0 aliphatic heterocycles. The van der Waals surface area contributed by atoms with Gasteiger partial charge in [0.2, 0.25) is 0 Å². The molecule has 0 radical (unpaired) electrons. The highest BCUT2D eigenvalue weighted by molar-refractivity contribution is 5.90. The molecule has 0 aromatic heterocycles. The number of hydrogen-bond donors (Lipinski definition) is 2. The third kappa shape index (κ3) is 3.22. The zero-order chi connectivity index (χ0) is 11.3. The van der Waals surface area contributed by atoms with Crippen molar-refractivity contribution in [2.24, 2.45) is 0 Å². The van der Waals surface area contributed by atoms with Crippen LogP contribution in [0.1, 0.15) is 21.5 Å². The second kappa shape index (κ2) is 5.32. The molecule has 0 amide bonds. The minimum atomic E-state index is -0.878. The van der Waals surface area contributed by atoms with Gasteiger partial charge in [-0.3, -0.25) is 0 Å². The Kier molecular flexibility index (Phi) is 4.06. The Bertz CT molecular complexity index is 383. The molecule has 0 aliphatic rings.